The van der Waals surface area contributed by atoms with Crippen LogP contribution in [0.3, 0.4) is 0 Å². The van der Waals surface area contributed by atoms with Gasteiger partial charge in [-0.3, -0.25) is 4.57 Å². The molecule has 5 aromatic rings. The van der Waals surface area contributed by atoms with Crippen molar-refractivity contribution in [2.24, 2.45) is 0 Å². The lowest BCUT2D eigenvalue weighted by molar-refractivity contribution is 0.559. The minimum Gasteiger partial charge on any atom is -0.423 e. The summed E-state index contributed by atoms with van der Waals surface area (Å²) in [6.45, 7) is 10.6. The molecule has 6 heteroatoms. The summed E-state index contributed by atoms with van der Waals surface area (Å²) in [6.07, 6.45) is 0. The number of nitrogens with zero attached hydrogens (tertiary/aromatic N) is 3. The van der Waals surface area contributed by atoms with Gasteiger partial charge in [-0.15, -0.1) is 10.2 Å². The molecule has 0 atom stereocenters. The minimum absolute atomic E-state index is 0.338. The lowest BCUT2D eigenvalue weighted by Gasteiger charge is -2.14. The molecule has 3 aromatic carbocycles. The number of hydrogen-bond donors (Lipinski definition) is 0. The predicted molar refractivity (Wildman–Crippen MR) is 147 cm³/mol. The maximum Gasteiger partial charge on any atom is 0.336 e. The van der Waals surface area contributed by atoms with E-state index in [2.05, 4.69) is 73.6 Å². The standard InChI is InChI=1S/C30H29N3O2S/c1-18(2)25-16-26-23(15-28(34)35-27(26)14-21(25)5)17-36-30-32-31-29(22-9-7-6-8-10-22)33(30)24-12-11-19(3)20(4)13-24/h6-16,18H,17H2,1-5H3. The van der Waals surface area contributed by atoms with E-state index in [4.69, 9.17) is 4.42 Å². The van der Waals surface area contributed by atoms with Crippen LogP contribution in [0.1, 0.15) is 47.6 Å². The van der Waals surface area contributed by atoms with Crippen molar-refractivity contribution in [3.63, 3.8) is 0 Å². The molecule has 0 amide bonds. The molecule has 36 heavy (non-hydrogen) atoms. The maximum absolute atomic E-state index is 12.4. The number of rotatable bonds is 6. The number of aryl methyl sites for hydroxylation is 3. The molecule has 0 unspecified atom stereocenters. The van der Waals surface area contributed by atoms with Gasteiger partial charge in [-0.25, -0.2) is 4.79 Å². The van der Waals surface area contributed by atoms with Crippen LogP contribution >= 0.6 is 11.8 Å². The van der Waals surface area contributed by atoms with Gasteiger partial charge >= 0.3 is 5.63 Å². The van der Waals surface area contributed by atoms with Gasteiger partial charge in [0.1, 0.15) is 5.58 Å². The molecule has 0 saturated heterocycles. The van der Waals surface area contributed by atoms with Gasteiger partial charge in [-0.05, 0) is 78.8 Å². The molecule has 5 nitrogen and oxygen atoms in total. The predicted octanol–water partition coefficient (Wildman–Crippen LogP) is 7.38. The zero-order valence-electron chi connectivity index (χ0n) is 21.2. The van der Waals surface area contributed by atoms with Gasteiger partial charge in [0.05, 0.1) is 5.69 Å². The molecule has 182 valence electrons. The molecule has 0 fully saturated rings. The van der Waals surface area contributed by atoms with E-state index in [1.165, 1.54) is 16.7 Å². The summed E-state index contributed by atoms with van der Waals surface area (Å²) in [5.74, 6) is 1.74. The topological polar surface area (TPSA) is 60.9 Å². The molecule has 0 saturated carbocycles. The van der Waals surface area contributed by atoms with Crippen LogP contribution in [0.15, 0.2) is 81.1 Å². The number of hydrogen-bond acceptors (Lipinski definition) is 5. The Morgan fingerprint density at radius 3 is 2.39 bits per heavy atom. The molecule has 2 heterocycles. The first kappa shape index (κ1) is 24.1. The van der Waals surface area contributed by atoms with Gasteiger partial charge in [-0.1, -0.05) is 62.0 Å². The van der Waals surface area contributed by atoms with E-state index >= 15 is 0 Å². The Balaban J connectivity index is 1.59. The highest BCUT2D eigenvalue weighted by atomic mass is 32.2. The number of benzene rings is 3. The highest BCUT2D eigenvalue weighted by Gasteiger charge is 2.18. The first-order valence-corrected chi connectivity index (χ1v) is 13.1. The summed E-state index contributed by atoms with van der Waals surface area (Å²) in [4.78, 5) is 12.4. The largest absolute Gasteiger partial charge is 0.423 e. The Hall–Kier alpha value is -3.64. The molecule has 0 aliphatic heterocycles. The second kappa shape index (κ2) is 9.78. The zero-order valence-corrected chi connectivity index (χ0v) is 22.0. The number of aromatic nitrogens is 3. The van der Waals surface area contributed by atoms with E-state index in [0.29, 0.717) is 17.3 Å². The highest BCUT2D eigenvalue weighted by Crippen LogP contribution is 2.33. The summed E-state index contributed by atoms with van der Waals surface area (Å²) in [5.41, 5.74) is 8.07. The quantitative estimate of drug-likeness (QED) is 0.182. The van der Waals surface area contributed by atoms with Crippen LogP contribution in [0.5, 0.6) is 0 Å². The number of thioether (sulfide) groups is 1. The maximum atomic E-state index is 12.4. The van der Waals surface area contributed by atoms with Crippen LogP contribution < -0.4 is 5.63 Å². The smallest absolute Gasteiger partial charge is 0.336 e. The van der Waals surface area contributed by atoms with Crippen molar-refractivity contribution in [2.75, 3.05) is 0 Å². The zero-order chi connectivity index (χ0) is 25.4. The lowest BCUT2D eigenvalue weighted by atomic mass is 9.95. The Kier molecular flexibility index (Phi) is 6.54. The third-order valence-corrected chi connectivity index (χ3v) is 7.59. The molecule has 0 aliphatic rings. The molecule has 0 N–H and O–H groups in total. The van der Waals surface area contributed by atoms with Gasteiger partial charge in [0.25, 0.3) is 0 Å². The summed E-state index contributed by atoms with van der Waals surface area (Å²) >= 11 is 1.57. The molecule has 0 radical (unpaired) electrons. The first-order valence-electron chi connectivity index (χ1n) is 12.1. The Morgan fingerprint density at radius 2 is 1.67 bits per heavy atom. The second-order valence-electron chi connectivity index (χ2n) is 9.52. The van der Waals surface area contributed by atoms with Gasteiger partial charge in [0, 0.05) is 22.8 Å². The van der Waals surface area contributed by atoms with Crippen LogP contribution in [-0.4, -0.2) is 14.8 Å². The fraction of sp³-hybridized carbons (Fsp3) is 0.233. The molecule has 0 aliphatic carbocycles. The van der Waals surface area contributed by atoms with Crippen molar-refractivity contribution in [1.82, 2.24) is 14.8 Å². The third kappa shape index (κ3) is 4.61. The monoisotopic (exact) mass is 495 g/mol. The van der Waals surface area contributed by atoms with Crippen molar-refractivity contribution >= 4 is 22.7 Å². The summed E-state index contributed by atoms with van der Waals surface area (Å²) in [5, 5.41) is 10.9. The van der Waals surface area contributed by atoms with E-state index in [1.807, 2.05) is 36.4 Å². The van der Waals surface area contributed by atoms with Gasteiger partial charge in [0.15, 0.2) is 11.0 Å². The summed E-state index contributed by atoms with van der Waals surface area (Å²) in [7, 11) is 0. The van der Waals surface area contributed by atoms with E-state index < -0.39 is 0 Å². The van der Waals surface area contributed by atoms with Crippen molar-refractivity contribution in [2.45, 2.75) is 51.4 Å². The average Bonchev–Trinajstić information content (AvgIpc) is 3.28. The highest BCUT2D eigenvalue weighted by molar-refractivity contribution is 7.98. The fourth-order valence-corrected chi connectivity index (χ4v) is 5.45. The fourth-order valence-electron chi connectivity index (χ4n) is 4.51. The van der Waals surface area contributed by atoms with Gasteiger partial charge in [-0.2, -0.15) is 0 Å². The van der Waals surface area contributed by atoms with Crippen LogP contribution in [-0.2, 0) is 5.75 Å². The third-order valence-electron chi connectivity index (χ3n) is 6.61. The minimum atomic E-state index is -0.338. The van der Waals surface area contributed by atoms with E-state index in [1.54, 1.807) is 17.8 Å². The average molecular weight is 496 g/mol. The van der Waals surface area contributed by atoms with Gasteiger partial charge in [0.2, 0.25) is 0 Å². The van der Waals surface area contributed by atoms with E-state index in [-0.39, 0.29) is 5.63 Å². The Labute approximate surface area is 215 Å². The van der Waals surface area contributed by atoms with Crippen molar-refractivity contribution in [3.8, 4) is 17.1 Å². The summed E-state index contributed by atoms with van der Waals surface area (Å²) < 4.78 is 7.65. The Morgan fingerprint density at radius 1 is 0.889 bits per heavy atom. The van der Waals surface area contributed by atoms with Crippen LogP contribution in [0.4, 0.5) is 0 Å². The van der Waals surface area contributed by atoms with Crippen LogP contribution in [0.25, 0.3) is 28.0 Å². The molecule has 5 rings (SSSR count). The molecule has 0 spiro atoms. The lowest BCUT2D eigenvalue weighted by Crippen LogP contribution is -2.03. The molecular formula is C30H29N3O2S. The normalized spacial score (nSPS) is 11.5. The van der Waals surface area contributed by atoms with Crippen molar-refractivity contribution in [1.29, 1.82) is 0 Å². The second-order valence-corrected chi connectivity index (χ2v) is 10.5. The van der Waals surface area contributed by atoms with Crippen molar-refractivity contribution in [3.05, 3.63) is 105 Å². The van der Waals surface area contributed by atoms with Crippen LogP contribution in [0.2, 0.25) is 0 Å². The molecule has 2 aromatic heterocycles. The first-order chi connectivity index (χ1) is 17.3. The van der Waals surface area contributed by atoms with E-state index in [9.17, 15) is 4.79 Å². The van der Waals surface area contributed by atoms with E-state index in [0.717, 1.165) is 38.7 Å². The summed E-state index contributed by atoms with van der Waals surface area (Å²) in [6, 6.07) is 22.2. The number of fused-ring (bicyclic) bond motifs is 1. The SMILES string of the molecule is Cc1ccc(-n2c(SCc3cc(=O)oc4cc(C)c(C(C)C)cc34)nnc2-c2ccccc2)cc1C. The van der Waals surface area contributed by atoms with Crippen molar-refractivity contribution < 1.29 is 4.42 Å². The van der Waals surface area contributed by atoms with Gasteiger partial charge < -0.3 is 4.42 Å². The Bertz CT molecular complexity index is 1620. The van der Waals surface area contributed by atoms with Crippen LogP contribution in [0, 0.1) is 20.8 Å². The molecule has 0 bridgehead atoms. The molecular weight excluding hydrogens is 466 g/mol.